The van der Waals surface area contributed by atoms with E-state index < -0.39 is 0 Å². The monoisotopic (exact) mass is 483 g/mol. The average molecular weight is 484 g/mol. The molecule has 0 aliphatic rings. The Morgan fingerprint density at radius 1 is 1.12 bits per heavy atom. The molecule has 3 aromatic carbocycles. The zero-order chi connectivity index (χ0) is 23.5. The normalized spacial score (nSPS) is 11.6. The molecule has 0 aliphatic carbocycles. The molecule has 0 atom stereocenters. The number of nitrogens with one attached hydrogen (secondary N) is 1. The van der Waals surface area contributed by atoms with E-state index in [-0.39, 0.29) is 11.7 Å². The van der Waals surface area contributed by atoms with Crippen LogP contribution < -0.4 is 10.1 Å². The third-order valence-corrected chi connectivity index (χ3v) is 5.65. The standard InChI is InChI=1S/C26H20Cl2FNO3/c1-3-32-24-13-25-20(21(14-33-25)16-4-7-18(29)8-5-16)12-19(24)15(2)10-26(31)30-23-11-17(27)6-9-22(23)28/h4-14H,3H2,1-2H3,(H,30,31)/b15-10+. The molecule has 4 nitrogen and oxygen atoms in total. The summed E-state index contributed by atoms with van der Waals surface area (Å²) in [4.78, 5) is 12.7. The van der Waals surface area contributed by atoms with Gasteiger partial charge in [0.05, 0.1) is 23.6 Å². The Kier molecular flexibility index (Phi) is 6.72. The van der Waals surface area contributed by atoms with Crippen molar-refractivity contribution in [3.63, 3.8) is 0 Å². The van der Waals surface area contributed by atoms with Gasteiger partial charge in [-0.15, -0.1) is 0 Å². The number of rotatable bonds is 6. The van der Waals surface area contributed by atoms with Gasteiger partial charge < -0.3 is 14.5 Å². The quantitative estimate of drug-likeness (QED) is 0.282. The molecule has 1 aromatic heterocycles. The molecule has 1 heterocycles. The second-order valence-corrected chi connectivity index (χ2v) is 8.22. The fraction of sp³-hybridized carbons (Fsp3) is 0.115. The lowest BCUT2D eigenvalue weighted by Gasteiger charge is -2.12. The fourth-order valence-corrected chi connectivity index (χ4v) is 3.86. The number of halogens is 3. The number of anilines is 1. The Hall–Kier alpha value is -3.28. The van der Waals surface area contributed by atoms with Crippen molar-refractivity contribution in [3.8, 4) is 16.9 Å². The van der Waals surface area contributed by atoms with Crippen LogP contribution in [0.2, 0.25) is 10.0 Å². The molecular weight excluding hydrogens is 464 g/mol. The number of carbonyl (C=O) groups excluding carboxylic acids is 1. The van der Waals surface area contributed by atoms with Gasteiger partial charge in [-0.2, -0.15) is 0 Å². The molecule has 4 aromatic rings. The zero-order valence-electron chi connectivity index (χ0n) is 17.9. The van der Waals surface area contributed by atoms with E-state index in [1.807, 2.05) is 19.9 Å². The fourth-order valence-electron chi connectivity index (χ4n) is 3.53. The molecule has 0 saturated carbocycles. The van der Waals surface area contributed by atoms with Crippen molar-refractivity contribution in [1.29, 1.82) is 0 Å². The number of furan rings is 1. The number of ether oxygens (including phenoxy) is 1. The summed E-state index contributed by atoms with van der Waals surface area (Å²) in [5, 5.41) is 4.43. The molecule has 0 bridgehead atoms. The largest absolute Gasteiger partial charge is 0.493 e. The van der Waals surface area contributed by atoms with Crippen LogP contribution in [0.15, 0.2) is 71.4 Å². The number of allylic oxidation sites excluding steroid dienone is 1. The van der Waals surface area contributed by atoms with Crippen LogP contribution in [0.4, 0.5) is 10.1 Å². The third kappa shape index (κ3) is 5.05. The minimum atomic E-state index is -0.356. The van der Waals surface area contributed by atoms with E-state index in [1.165, 1.54) is 18.2 Å². The number of benzene rings is 3. The SMILES string of the molecule is CCOc1cc2occ(-c3ccc(F)cc3)c2cc1/C(C)=C/C(=O)Nc1cc(Cl)ccc1Cl. The molecule has 7 heteroatoms. The van der Waals surface area contributed by atoms with Crippen molar-refractivity contribution >= 4 is 51.3 Å². The van der Waals surface area contributed by atoms with Gasteiger partial charge in [0.2, 0.25) is 5.91 Å². The lowest BCUT2D eigenvalue weighted by Crippen LogP contribution is -2.09. The molecule has 0 spiro atoms. The molecule has 0 saturated heterocycles. The maximum absolute atomic E-state index is 13.4. The van der Waals surface area contributed by atoms with Crippen LogP contribution >= 0.6 is 23.2 Å². The van der Waals surface area contributed by atoms with Gasteiger partial charge in [0, 0.05) is 33.7 Å². The van der Waals surface area contributed by atoms with Crippen LogP contribution in [0.3, 0.4) is 0 Å². The summed E-state index contributed by atoms with van der Waals surface area (Å²) in [5.74, 6) is -0.0759. The number of amides is 1. The predicted octanol–water partition coefficient (Wildman–Crippen LogP) is 7.99. The minimum Gasteiger partial charge on any atom is -0.493 e. The van der Waals surface area contributed by atoms with E-state index in [0.29, 0.717) is 39.2 Å². The summed E-state index contributed by atoms with van der Waals surface area (Å²) in [6.07, 6.45) is 3.10. The minimum absolute atomic E-state index is 0.310. The first kappa shape index (κ1) is 22.9. The molecule has 4 rings (SSSR count). The highest BCUT2D eigenvalue weighted by Gasteiger charge is 2.16. The van der Waals surface area contributed by atoms with Crippen molar-refractivity contribution in [2.75, 3.05) is 11.9 Å². The van der Waals surface area contributed by atoms with Gasteiger partial charge in [-0.1, -0.05) is 35.3 Å². The van der Waals surface area contributed by atoms with Crippen molar-refractivity contribution in [1.82, 2.24) is 0 Å². The van der Waals surface area contributed by atoms with Gasteiger partial charge >= 0.3 is 0 Å². The maximum Gasteiger partial charge on any atom is 0.248 e. The summed E-state index contributed by atoms with van der Waals surface area (Å²) >= 11 is 12.2. The molecule has 0 radical (unpaired) electrons. The van der Waals surface area contributed by atoms with Gasteiger partial charge in [-0.3, -0.25) is 4.79 Å². The molecule has 168 valence electrons. The topological polar surface area (TPSA) is 51.5 Å². The second-order valence-electron chi connectivity index (χ2n) is 7.37. The Balaban J connectivity index is 1.73. The van der Waals surface area contributed by atoms with Crippen LogP contribution in [0, 0.1) is 5.82 Å². The van der Waals surface area contributed by atoms with Crippen molar-refractivity contribution < 1.29 is 18.3 Å². The van der Waals surface area contributed by atoms with E-state index >= 15 is 0 Å². The van der Waals surface area contributed by atoms with Crippen molar-refractivity contribution in [3.05, 3.63) is 88.4 Å². The lowest BCUT2D eigenvalue weighted by atomic mass is 9.99. The van der Waals surface area contributed by atoms with Gasteiger partial charge in [0.25, 0.3) is 0 Å². The molecule has 1 amide bonds. The number of hydrogen-bond donors (Lipinski definition) is 1. The average Bonchev–Trinajstić information content (AvgIpc) is 3.19. The Labute approximate surface area is 200 Å². The number of fused-ring (bicyclic) bond motifs is 1. The number of carbonyl (C=O) groups is 1. The van der Waals surface area contributed by atoms with Crippen LogP contribution in [-0.2, 0) is 4.79 Å². The van der Waals surface area contributed by atoms with E-state index in [2.05, 4.69) is 5.32 Å². The summed E-state index contributed by atoms with van der Waals surface area (Å²) in [6, 6.07) is 14.8. The molecule has 33 heavy (non-hydrogen) atoms. The Morgan fingerprint density at radius 2 is 1.88 bits per heavy atom. The highest BCUT2D eigenvalue weighted by molar-refractivity contribution is 6.35. The van der Waals surface area contributed by atoms with Gasteiger partial charge in [0.15, 0.2) is 0 Å². The summed E-state index contributed by atoms with van der Waals surface area (Å²) in [7, 11) is 0. The Morgan fingerprint density at radius 3 is 2.61 bits per heavy atom. The highest BCUT2D eigenvalue weighted by Crippen LogP contribution is 2.37. The van der Waals surface area contributed by atoms with Crippen LogP contribution in [0.5, 0.6) is 5.75 Å². The highest BCUT2D eigenvalue weighted by atomic mass is 35.5. The Bertz CT molecular complexity index is 1360. The summed E-state index contributed by atoms with van der Waals surface area (Å²) < 4.78 is 24.9. The van der Waals surface area contributed by atoms with E-state index in [4.69, 9.17) is 32.4 Å². The van der Waals surface area contributed by atoms with E-state index in [0.717, 1.165) is 22.1 Å². The van der Waals surface area contributed by atoms with Gasteiger partial charge in [-0.25, -0.2) is 4.39 Å². The second kappa shape index (κ2) is 9.69. The molecular formula is C26H20Cl2FNO3. The van der Waals surface area contributed by atoms with Crippen molar-refractivity contribution in [2.24, 2.45) is 0 Å². The van der Waals surface area contributed by atoms with Crippen LogP contribution in [0.25, 0.3) is 27.7 Å². The predicted molar refractivity (Wildman–Crippen MR) is 132 cm³/mol. The first-order valence-electron chi connectivity index (χ1n) is 10.2. The summed E-state index contributed by atoms with van der Waals surface area (Å²) in [5.41, 5.74) is 4.11. The first-order chi connectivity index (χ1) is 15.9. The molecule has 0 aliphatic heterocycles. The van der Waals surface area contributed by atoms with Gasteiger partial charge in [0.1, 0.15) is 17.1 Å². The van der Waals surface area contributed by atoms with Crippen LogP contribution in [-0.4, -0.2) is 12.5 Å². The first-order valence-corrected chi connectivity index (χ1v) is 11.0. The summed E-state index contributed by atoms with van der Waals surface area (Å²) in [6.45, 7) is 4.15. The molecule has 0 unspecified atom stereocenters. The smallest absolute Gasteiger partial charge is 0.248 e. The third-order valence-electron chi connectivity index (χ3n) is 5.09. The van der Waals surface area contributed by atoms with E-state index in [9.17, 15) is 9.18 Å². The van der Waals surface area contributed by atoms with Crippen molar-refractivity contribution in [2.45, 2.75) is 13.8 Å². The zero-order valence-corrected chi connectivity index (χ0v) is 19.4. The van der Waals surface area contributed by atoms with E-state index in [1.54, 1.807) is 42.7 Å². The molecule has 1 N–H and O–H groups in total. The van der Waals surface area contributed by atoms with Gasteiger partial charge in [-0.05, 0) is 61.4 Å². The maximum atomic E-state index is 13.4. The molecule has 0 fully saturated rings. The van der Waals surface area contributed by atoms with Crippen LogP contribution in [0.1, 0.15) is 19.4 Å². The lowest BCUT2D eigenvalue weighted by molar-refractivity contribution is -0.111. The number of hydrogen-bond acceptors (Lipinski definition) is 3.